The van der Waals surface area contributed by atoms with Crippen molar-refractivity contribution >= 4 is 27.5 Å². The van der Waals surface area contributed by atoms with Crippen LogP contribution in [0.25, 0.3) is 32.9 Å². The lowest BCUT2D eigenvalue weighted by atomic mass is 9.95. The molecule has 10 heteroatoms. The number of halogens is 2. The third-order valence-corrected chi connectivity index (χ3v) is 10.8. The molecule has 0 radical (unpaired) electrons. The molecular weight excluding hydrogens is 574 g/mol. The quantitative estimate of drug-likeness (QED) is 0.324. The lowest BCUT2D eigenvalue weighted by molar-refractivity contribution is 0.107. The molecule has 6 atom stereocenters. The zero-order valence-corrected chi connectivity index (χ0v) is 25.1. The normalized spacial score (nSPS) is 30.2. The lowest BCUT2D eigenvalue weighted by Crippen LogP contribution is -2.62. The van der Waals surface area contributed by atoms with Crippen LogP contribution in [0, 0.1) is 18.2 Å². The summed E-state index contributed by atoms with van der Waals surface area (Å²) in [5.41, 5.74) is 1.05. The van der Waals surface area contributed by atoms with Crippen LogP contribution in [0.3, 0.4) is 0 Å². The highest BCUT2D eigenvalue weighted by Crippen LogP contribution is 2.46. The topological polar surface area (TPSA) is 75.6 Å². The van der Waals surface area contributed by atoms with Gasteiger partial charge in [0.15, 0.2) is 5.82 Å². The Morgan fingerprint density at radius 2 is 2.00 bits per heavy atom. The first kappa shape index (κ1) is 27.3. The summed E-state index contributed by atoms with van der Waals surface area (Å²) in [5.74, 6) is 3.05. The van der Waals surface area contributed by atoms with Gasteiger partial charge in [0, 0.05) is 48.1 Å². The summed E-state index contributed by atoms with van der Waals surface area (Å²) in [6.07, 6.45) is 9.12. The number of aromatic nitrogens is 3. The van der Waals surface area contributed by atoms with Crippen LogP contribution in [0.4, 0.5) is 14.6 Å². The largest absolute Gasteiger partial charge is 0.472 e. The van der Waals surface area contributed by atoms with Crippen LogP contribution in [0.2, 0.25) is 0 Å². The predicted octanol–water partition coefficient (Wildman–Crippen LogP) is 5.01. The van der Waals surface area contributed by atoms with Crippen LogP contribution in [-0.2, 0) is 0 Å². The van der Waals surface area contributed by atoms with E-state index in [1.165, 1.54) is 0 Å². The first-order valence-corrected chi connectivity index (χ1v) is 16.0. The molecule has 2 aromatic carbocycles. The van der Waals surface area contributed by atoms with E-state index in [2.05, 4.69) is 21.0 Å². The van der Waals surface area contributed by atoms with Gasteiger partial charge in [-0.15, -0.1) is 6.42 Å². The van der Waals surface area contributed by atoms with E-state index in [0.29, 0.717) is 53.8 Å². The van der Waals surface area contributed by atoms with Gasteiger partial charge in [0.2, 0.25) is 5.88 Å². The molecule has 4 saturated heterocycles. The van der Waals surface area contributed by atoms with E-state index in [9.17, 15) is 4.39 Å². The van der Waals surface area contributed by atoms with E-state index < -0.39 is 12.0 Å². The molecule has 45 heavy (non-hydrogen) atoms. The van der Waals surface area contributed by atoms with Crippen molar-refractivity contribution < 1.29 is 18.3 Å². The SMILES string of the molecule is C#Cc1cccc2cccc(-c3nc4c5c(nc(OC[C@@]67CCCN6C[C@H](F)C7)nc5c3F)N3C[C@H]5CC[C@H](N5)[C@H]3[C@H](C)O4)c12. The molecule has 4 aromatic rings. The summed E-state index contributed by atoms with van der Waals surface area (Å²) in [4.78, 5) is 19.0. The van der Waals surface area contributed by atoms with Crippen molar-refractivity contribution in [2.75, 3.05) is 31.1 Å². The minimum atomic E-state index is -0.881. The first-order chi connectivity index (χ1) is 21.9. The Morgan fingerprint density at radius 3 is 2.87 bits per heavy atom. The van der Waals surface area contributed by atoms with Crippen molar-refractivity contribution in [1.82, 2.24) is 25.2 Å². The Hall–Kier alpha value is -4.07. The van der Waals surface area contributed by atoms with Crippen LogP contribution in [0.1, 0.15) is 44.6 Å². The van der Waals surface area contributed by atoms with E-state index in [1.807, 2.05) is 43.3 Å². The second kappa shape index (κ2) is 9.96. The van der Waals surface area contributed by atoms with Crippen molar-refractivity contribution in [2.45, 2.75) is 75.0 Å². The van der Waals surface area contributed by atoms with Gasteiger partial charge in [0.05, 0.1) is 11.6 Å². The molecule has 2 aromatic heterocycles. The predicted molar refractivity (Wildman–Crippen MR) is 168 cm³/mol. The number of rotatable bonds is 4. The van der Waals surface area contributed by atoms with Crippen LogP contribution < -0.4 is 19.7 Å². The maximum Gasteiger partial charge on any atom is 0.319 e. The van der Waals surface area contributed by atoms with Crippen LogP contribution >= 0.6 is 0 Å². The number of hydrogen-bond acceptors (Lipinski definition) is 8. The zero-order chi connectivity index (χ0) is 30.4. The number of hydrogen-bond donors (Lipinski definition) is 1. The molecule has 7 heterocycles. The Bertz CT molecular complexity index is 1910. The van der Waals surface area contributed by atoms with Gasteiger partial charge in [-0.1, -0.05) is 36.3 Å². The molecule has 5 aliphatic rings. The number of anilines is 1. The van der Waals surface area contributed by atoms with E-state index >= 15 is 4.39 Å². The van der Waals surface area contributed by atoms with E-state index in [4.69, 9.17) is 30.8 Å². The number of ether oxygens (including phenoxy) is 2. The van der Waals surface area contributed by atoms with E-state index in [0.717, 1.165) is 43.0 Å². The van der Waals surface area contributed by atoms with Gasteiger partial charge in [-0.2, -0.15) is 9.97 Å². The van der Waals surface area contributed by atoms with Crippen molar-refractivity contribution in [3.05, 3.63) is 47.8 Å². The molecule has 0 saturated carbocycles. The average molecular weight is 609 g/mol. The highest BCUT2D eigenvalue weighted by atomic mass is 19.1. The summed E-state index contributed by atoms with van der Waals surface area (Å²) < 4.78 is 44.6. The van der Waals surface area contributed by atoms with Gasteiger partial charge in [-0.25, -0.2) is 13.8 Å². The third kappa shape index (κ3) is 4.06. The number of fused-ring (bicyclic) bond motifs is 7. The second-order valence-electron chi connectivity index (χ2n) is 13.4. The maximum absolute atomic E-state index is 17.0. The summed E-state index contributed by atoms with van der Waals surface area (Å²) in [6.45, 7) is 4.28. The maximum atomic E-state index is 17.0. The van der Waals surface area contributed by atoms with Crippen LogP contribution in [-0.4, -0.2) is 82.0 Å². The molecule has 8 nitrogen and oxygen atoms in total. The number of pyridine rings is 1. The molecule has 4 fully saturated rings. The van der Waals surface area contributed by atoms with Crippen LogP contribution in [0.15, 0.2) is 36.4 Å². The van der Waals surface area contributed by atoms with Crippen molar-refractivity contribution in [3.63, 3.8) is 0 Å². The summed E-state index contributed by atoms with van der Waals surface area (Å²) in [6, 6.07) is 11.9. The van der Waals surface area contributed by atoms with Gasteiger partial charge >= 0.3 is 6.01 Å². The van der Waals surface area contributed by atoms with Gasteiger partial charge < -0.3 is 19.7 Å². The molecular formula is C35H34F2N6O2. The summed E-state index contributed by atoms with van der Waals surface area (Å²) >= 11 is 0. The standard InChI is InChI=1S/C35H34F2N6O2/c1-3-20-7-4-8-21-9-5-10-24(26(20)21)29-28(37)30-27-32(41-34(40-30)44-18-35-13-6-14-42(35)16-22(36)15-35)43-17-23-11-12-25(38-23)31(43)19(2)45-33(27)39-29/h1,4-5,7-10,19,22-23,25,31,38H,6,11-18H2,2H3/t19-,22+,23+,25-,31+,35-/m0/s1. The Balaban J connectivity index is 1.24. The monoisotopic (exact) mass is 608 g/mol. The highest BCUT2D eigenvalue weighted by Gasteiger charge is 2.50. The number of nitrogens with zero attached hydrogens (tertiary/aromatic N) is 5. The third-order valence-electron chi connectivity index (χ3n) is 10.8. The van der Waals surface area contributed by atoms with Gasteiger partial charge in [0.1, 0.15) is 41.3 Å². The van der Waals surface area contributed by atoms with Crippen LogP contribution in [0.5, 0.6) is 11.9 Å². The number of piperazine rings is 1. The second-order valence-corrected chi connectivity index (χ2v) is 13.4. The lowest BCUT2D eigenvalue weighted by Gasteiger charge is -2.42. The fourth-order valence-corrected chi connectivity index (χ4v) is 8.84. The number of nitrogens with one attached hydrogen (secondary N) is 1. The molecule has 0 spiro atoms. The Labute approximate surface area is 260 Å². The molecule has 9 rings (SSSR count). The fraction of sp³-hybridized carbons (Fsp3) is 0.457. The Morgan fingerprint density at radius 1 is 1.13 bits per heavy atom. The molecule has 0 amide bonds. The fourth-order valence-electron chi connectivity index (χ4n) is 8.84. The van der Waals surface area contributed by atoms with E-state index in [1.54, 1.807) is 0 Å². The van der Waals surface area contributed by atoms with Gasteiger partial charge in [0.25, 0.3) is 0 Å². The molecule has 1 N–H and O–H groups in total. The number of terminal acetylenes is 1. The number of benzene rings is 2. The molecule has 2 bridgehead atoms. The van der Waals surface area contributed by atoms with Crippen molar-refractivity contribution in [1.29, 1.82) is 0 Å². The van der Waals surface area contributed by atoms with Gasteiger partial charge in [-0.05, 0) is 50.6 Å². The minimum absolute atomic E-state index is 0.0351. The molecule has 230 valence electrons. The van der Waals surface area contributed by atoms with Gasteiger partial charge in [-0.3, -0.25) is 4.90 Å². The van der Waals surface area contributed by atoms with Crippen molar-refractivity contribution in [2.24, 2.45) is 0 Å². The smallest absolute Gasteiger partial charge is 0.319 e. The molecule has 0 aliphatic carbocycles. The number of alkyl halides is 1. The van der Waals surface area contributed by atoms with Crippen molar-refractivity contribution in [3.8, 4) is 35.5 Å². The molecule has 0 unspecified atom stereocenters. The summed E-state index contributed by atoms with van der Waals surface area (Å²) in [7, 11) is 0. The average Bonchev–Trinajstić information content (AvgIpc) is 3.69. The summed E-state index contributed by atoms with van der Waals surface area (Å²) in [5, 5.41) is 5.82. The minimum Gasteiger partial charge on any atom is -0.472 e. The highest BCUT2D eigenvalue weighted by molar-refractivity contribution is 6.03. The molecule has 5 aliphatic heterocycles. The first-order valence-electron chi connectivity index (χ1n) is 16.0. The zero-order valence-electron chi connectivity index (χ0n) is 25.1. The Kier molecular flexibility index (Phi) is 6.04. The van der Waals surface area contributed by atoms with E-state index in [-0.39, 0.29) is 47.6 Å².